The smallest absolute Gasteiger partial charge is 0.407 e. The normalized spacial score (nSPS) is 21.2. The molecule has 5 rings (SSSR count). The van der Waals surface area contributed by atoms with Crippen LogP contribution in [0.3, 0.4) is 0 Å². The van der Waals surface area contributed by atoms with E-state index in [1.165, 1.54) is 12.1 Å². The number of ether oxygens (including phenoxy) is 6. The summed E-state index contributed by atoms with van der Waals surface area (Å²) in [5, 5.41) is 23.2. The van der Waals surface area contributed by atoms with E-state index in [1.807, 2.05) is 13.8 Å². The quantitative estimate of drug-likeness (QED) is 0.206. The van der Waals surface area contributed by atoms with Crippen molar-refractivity contribution < 1.29 is 56.6 Å². The number of nitrogens with zero attached hydrogens (tertiary/aromatic N) is 1. The highest BCUT2D eigenvalue weighted by Gasteiger charge is 2.44. The van der Waals surface area contributed by atoms with Gasteiger partial charge in [-0.1, -0.05) is 26.0 Å². The third kappa shape index (κ3) is 9.72. The van der Waals surface area contributed by atoms with Gasteiger partial charge in [-0.2, -0.15) is 0 Å². The topological polar surface area (TPSA) is 179 Å². The SMILES string of the molecule is CC(C)CN(C[C@@H](O)[C@H](Cc1ccc(OCCCC(=O)O)cc1)NC(=O)OC1CO[C@H]2OCCC12)CS(=O)(=O)c1ccc2c(c1)OCO2. The molecule has 0 saturated carbocycles. The van der Waals surface area contributed by atoms with E-state index in [-0.39, 0.29) is 62.0 Å². The van der Waals surface area contributed by atoms with Gasteiger partial charge < -0.3 is 44.0 Å². The molecule has 15 heteroatoms. The number of hydrogen-bond acceptors (Lipinski definition) is 12. The van der Waals surface area contributed by atoms with Crippen molar-refractivity contribution in [2.24, 2.45) is 11.8 Å². The van der Waals surface area contributed by atoms with Gasteiger partial charge in [-0.25, -0.2) is 13.2 Å². The van der Waals surface area contributed by atoms with Crippen LogP contribution in [0.4, 0.5) is 4.79 Å². The number of carbonyl (C=O) groups is 2. The predicted molar refractivity (Wildman–Crippen MR) is 171 cm³/mol. The molecule has 5 atom stereocenters. The Morgan fingerprint density at radius 3 is 2.58 bits per heavy atom. The Labute approximate surface area is 280 Å². The fourth-order valence-electron chi connectivity index (χ4n) is 6.02. The molecule has 48 heavy (non-hydrogen) atoms. The number of fused-ring (bicyclic) bond motifs is 2. The Hall–Kier alpha value is -3.63. The number of amides is 1. The first kappa shape index (κ1) is 35.7. The van der Waals surface area contributed by atoms with Crippen molar-refractivity contribution in [3.05, 3.63) is 48.0 Å². The lowest BCUT2D eigenvalue weighted by atomic mass is 10.0. The van der Waals surface area contributed by atoms with Gasteiger partial charge in [0.05, 0.1) is 42.8 Å². The minimum Gasteiger partial charge on any atom is -0.494 e. The lowest BCUT2D eigenvalue weighted by Gasteiger charge is -2.31. The molecular formula is C33H44N2O12S. The van der Waals surface area contributed by atoms with Crippen LogP contribution in [-0.2, 0) is 35.3 Å². The third-order valence-corrected chi connectivity index (χ3v) is 10.00. The van der Waals surface area contributed by atoms with E-state index in [2.05, 4.69) is 5.32 Å². The summed E-state index contributed by atoms with van der Waals surface area (Å²) in [4.78, 5) is 25.7. The number of benzene rings is 2. The molecular weight excluding hydrogens is 648 g/mol. The van der Waals surface area contributed by atoms with Crippen molar-refractivity contribution >= 4 is 21.9 Å². The second-order valence-corrected chi connectivity index (χ2v) is 14.6. The van der Waals surface area contributed by atoms with Gasteiger partial charge >= 0.3 is 12.1 Å². The molecule has 0 spiro atoms. The fraction of sp³-hybridized carbons (Fsp3) is 0.576. The molecule has 3 N–H and O–H groups in total. The zero-order valence-electron chi connectivity index (χ0n) is 27.1. The molecule has 3 aliphatic heterocycles. The summed E-state index contributed by atoms with van der Waals surface area (Å²) in [6.45, 7) is 5.23. The Kier molecular flexibility index (Phi) is 12.0. The van der Waals surface area contributed by atoms with Crippen LogP contribution in [-0.4, -0.2) is 106 Å². The van der Waals surface area contributed by atoms with Crippen LogP contribution >= 0.6 is 0 Å². The summed E-state index contributed by atoms with van der Waals surface area (Å²) in [5.74, 6) is 0.142. The first-order valence-corrected chi connectivity index (χ1v) is 17.8. The molecule has 2 unspecified atom stereocenters. The van der Waals surface area contributed by atoms with Crippen molar-refractivity contribution in [1.82, 2.24) is 10.2 Å². The van der Waals surface area contributed by atoms with E-state index < -0.39 is 46.4 Å². The standard InChI is InChI=1S/C33H44N2O12S/c1-21(2)16-35(19-48(40,41)24-9-10-28-29(15-24)46-20-45-28)17-27(36)26(34-33(39)47-30-18-44-32-25(30)11-13-43-32)14-22-5-7-23(8-6-22)42-12-3-4-31(37)38/h5-10,15,21,25-27,30,32,36H,3-4,11-14,16-20H2,1-2H3,(H,34,39)(H,37,38)/t25?,26-,27+,30?,32+/m0/s1. The van der Waals surface area contributed by atoms with Crippen molar-refractivity contribution in [1.29, 1.82) is 0 Å². The fourth-order valence-corrected chi connectivity index (χ4v) is 7.42. The Morgan fingerprint density at radius 2 is 1.83 bits per heavy atom. The number of alkyl carbamates (subject to hydrolysis) is 1. The Bertz CT molecular complexity index is 1500. The molecule has 0 aromatic heterocycles. The van der Waals surface area contributed by atoms with Crippen LogP contribution in [0.5, 0.6) is 17.2 Å². The molecule has 2 saturated heterocycles. The number of carboxylic acid groups (broad SMARTS) is 1. The molecule has 2 fully saturated rings. The molecule has 2 aromatic rings. The third-order valence-electron chi connectivity index (χ3n) is 8.32. The average Bonchev–Trinajstić information content (AvgIpc) is 3.78. The summed E-state index contributed by atoms with van der Waals surface area (Å²) in [5.41, 5.74) is 0.772. The molecule has 3 heterocycles. The highest BCUT2D eigenvalue weighted by atomic mass is 32.2. The zero-order chi connectivity index (χ0) is 34.3. The van der Waals surface area contributed by atoms with E-state index in [9.17, 15) is 23.1 Å². The minimum absolute atomic E-state index is 0.00660. The number of aliphatic hydroxyl groups excluding tert-OH is 1. The molecule has 14 nitrogen and oxygen atoms in total. The van der Waals surface area contributed by atoms with Gasteiger partial charge in [-0.05, 0) is 55.0 Å². The van der Waals surface area contributed by atoms with E-state index in [0.717, 1.165) is 5.56 Å². The highest BCUT2D eigenvalue weighted by molar-refractivity contribution is 7.91. The van der Waals surface area contributed by atoms with Gasteiger partial charge in [-0.15, -0.1) is 0 Å². The van der Waals surface area contributed by atoms with Gasteiger partial charge in [0, 0.05) is 25.6 Å². The van der Waals surface area contributed by atoms with Gasteiger partial charge in [0.2, 0.25) is 6.79 Å². The van der Waals surface area contributed by atoms with Gasteiger partial charge in [-0.3, -0.25) is 9.69 Å². The summed E-state index contributed by atoms with van der Waals surface area (Å²) < 4.78 is 60.2. The Morgan fingerprint density at radius 1 is 1.06 bits per heavy atom. The maximum atomic E-state index is 13.5. The number of nitrogens with one attached hydrogen (secondary N) is 1. The van der Waals surface area contributed by atoms with E-state index in [0.29, 0.717) is 43.2 Å². The largest absolute Gasteiger partial charge is 0.494 e. The number of hydrogen-bond donors (Lipinski definition) is 3. The molecule has 2 aromatic carbocycles. The monoisotopic (exact) mass is 692 g/mol. The number of aliphatic hydroxyl groups is 1. The summed E-state index contributed by atoms with van der Waals surface area (Å²) in [6, 6.07) is 10.7. The molecule has 1 amide bonds. The Balaban J connectivity index is 1.28. The second-order valence-electron chi connectivity index (χ2n) is 12.7. The zero-order valence-corrected chi connectivity index (χ0v) is 27.9. The van der Waals surface area contributed by atoms with Crippen molar-refractivity contribution in [2.45, 2.75) is 69.0 Å². The van der Waals surface area contributed by atoms with Gasteiger partial charge in [0.15, 0.2) is 27.6 Å². The minimum atomic E-state index is -3.83. The molecule has 264 valence electrons. The van der Waals surface area contributed by atoms with Crippen LogP contribution in [0.15, 0.2) is 47.4 Å². The number of rotatable bonds is 17. The van der Waals surface area contributed by atoms with E-state index >= 15 is 0 Å². The first-order valence-electron chi connectivity index (χ1n) is 16.1. The predicted octanol–water partition coefficient (Wildman–Crippen LogP) is 2.81. The van der Waals surface area contributed by atoms with Gasteiger partial charge in [0.1, 0.15) is 17.7 Å². The maximum Gasteiger partial charge on any atom is 0.407 e. The van der Waals surface area contributed by atoms with Gasteiger partial charge in [0.25, 0.3) is 0 Å². The van der Waals surface area contributed by atoms with Crippen LogP contribution in [0, 0.1) is 11.8 Å². The number of carbonyl (C=O) groups excluding carboxylic acids is 1. The molecule has 0 bridgehead atoms. The van der Waals surface area contributed by atoms with Crippen molar-refractivity contribution in [3.8, 4) is 17.2 Å². The summed E-state index contributed by atoms with van der Waals surface area (Å²) in [6.07, 6.45) is -1.50. The molecule has 0 radical (unpaired) electrons. The highest BCUT2D eigenvalue weighted by Crippen LogP contribution is 2.35. The lowest BCUT2D eigenvalue weighted by Crippen LogP contribution is -2.51. The average molecular weight is 693 g/mol. The van der Waals surface area contributed by atoms with Crippen molar-refractivity contribution in [2.75, 3.05) is 45.6 Å². The number of carboxylic acids is 1. The van der Waals surface area contributed by atoms with Crippen LogP contribution in [0.2, 0.25) is 0 Å². The van der Waals surface area contributed by atoms with Crippen LogP contribution in [0.1, 0.15) is 38.7 Å². The van der Waals surface area contributed by atoms with E-state index in [1.54, 1.807) is 35.2 Å². The lowest BCUT2D eigenvalue weighted by molar-refractivity contribution is -0.137. The van der Waals surface area contributed by atoms with Crippen molar-refractivity contribution in [3.63, 3.8) is 0 Å². The van der Waals surface area contributed by atoms with E-state index in [4.69, 9.17) is 33.5 Å². The summed E-state index contributed by atoms with van der Waals surface area (Å²) in [7, 11) is -3.83. The number of sulfone groups is 1. The second kappa shape index (κ2) is 16.2. The number of aliphatic carboxylic acids is 1. The van der Waals surface area contributed by atoms with Crippen LogP contribution in [0.25, 0.3) is 0 Å². The first-order chi connectivity index (χ1) is 23.0. The molecule has 3 aliphatic rings. The maximum absolute atomic E-state index is 13.5. The van der Waals surface area contributed by atoms with Crippen LogP contribution < -0.4 is 19.5 Å². The summed E-state index contributed by atoms with van der Waals surface area (Å²) >= 11 is 0. The molecule has 0 aliphatic carbocycles.